The molecule has 2 heterocycles. The van der Waals surface area contributed by atoms with Crippen LogP contribution >= 0.6 is 0 Å². The molecule has 0 unspecified atom stereocenters. The van der Waals surface area contributed by atoms with Crippen molar-refractivity contribution < 1.29 is 14.3 Å². The molecule has 0 fully saturated rings. The summed E-state index contributed by atoms with van der Waals surface area (Å²) in [6.45, 7) is 0. The summed E-state index contributed by atoms with van der Waals surface area (Å²) in [4.78, 5) is 16.5. The Labute approximate surface area is 187 Å². The predicted molar refractivity (Wildman–Crippen MR) is 128 cm³/mol. The Kier molecular flexibility index (Phi) is 6.40. The quantitative estimate of drug-likeness (QED) is 0.420. The third kappa shape index (κ3) is 4.59. The fraction of sp³-hybridized carbons (Fsp3) is 0.231. The zero-order valence-electron chi connectivity index (χ0n) is 18.3. The Morgan fingerprint density at radius 1 is 1.03 bits per heavy atom. The number of rotatable bonds is 4. The first-order valence-corrected chi connectivity index (χ1v) is 10.7. The van der Waals surface area contributed by atoms with Crippen LogP contribution in [0.5, 0.6) is 0 Å². The fourth-order valence-electron chi connectivity index (χ4n) is 4.02. The van der Waals surface area contributed by atoms with E-state index in [0.29, 0.717) is 5.69 Å². The topological polar surface area (TPSA) is 78.6 Å². The number of benzene rings is 2. The maximum atomic E-state index is 10.5. The largest absolute Gasteiger partial charge is 0.478 e. The van der Waals surface area contributed by atoms with E-state index < -0.39 is 5.97 Å². The van der Waals surface area contributed by atoms with Gasteiger partial charge >= 0.3 is 5.97 Å². The molecule has 2 aromatic heterocycles. The van der Waals surface area contributed by atoms with Crippen LogP contribution in [0.25, 0.3) is 11.0 Å². The number of aryl methyl sites for hydroxylation is 2. The number of pyridine rings is 1. The number of hydrogen-bond acceptors (Lipinski definition) is 5. The van der Waals surface area contributed by atoms with Crippen LogP contribution in [-0.4, -0.2) is 30.2 Å². The molecular formula is C26H27N3O3. The number of carboxylic acid groups (broad SMARTS) is 1. The molecule has 0 saturated heterocycles. The number of nitrogens with zero attached hydrogens (tertiary/aromatic N) is 2. The minimum Gasteiger partial charge on any atom is -0.478 e. The van der Waals surface area contributed by atoms with Crippen LogP contribution in [0.1, 0.15) is 34.3 Å². The van der Waals surface area contributed by atoms with Gasteiger partial charge in [-0.15, -0.1) is 0 Å². The van der Waals surface area contributed by atoms with E-state index in [4.69, 9.17) is 9.52 Å². The van der Waals surface area contributed by atoms with Crippen LogP contribution in [0.3, 0.4) is 0 Å². The highest BCUT2D eigenvalue weighted by Crippen LogP contribution is 2.31. The molecule has 0 aliphatic heterocycles. The molecule has 0 bridgehead atoms. The number of nitrogens with one attached hydrogen (secondary N) is 1. The van der Waals surface area contributed by atoms with Gasteiger partial charge in [0.1, 0.15) is 5.58 Å². The van der Waals surface area contributed by atoms with Gasteiger partial charge in [0.2, 0.25) is 0 Å². The van der Waals surface area contributed by atoms with Crippen molar-refractivity contribution in [3.63, 3.8) is 0 Å². The molecule has 0 atom stereocenters. The van der Waals surface area contributed by atoms with E-state index in [1.54, 1.807) is 13.3 Å². The monoisotopic (exact) mass is 429 g/mol. The van der Waals surface area contributed by atoms with Gasteiger partial charge in [0.25, 0.3) is 0 Å². The van der Waals surface area contributed by atoms with Gasteiger partial charge in [-0.25, -0.2) is 4.79 Å². The summed E-state index contributed by atoms with van der Waals surface area (Å²) in [7, 11) is 3.79. The molecule has 2 N–H and O–H groups in total. The average Bonchev–Trinajstić information content (AvgIpc) is 3.31. The minimum absolute atomic E-state index is 0.238. The first-order valence-electron chi connectivity index (χ1n) is 10.7. The van der Waals surface area contributed by atoms with Crippen LogP contribution < -0.4 is 10.2 Å². The minimum atomic E-state index is -0.947. The second-order valence-electron chi connectivity index (χ2n) is 7.84. The fourth-order valence-corrected chi connectivity index (χ4v) is 4.02. The van der Waals surface area contributed by atoms with Crippen molar-refractivity contribution in [3.8, 4) is 0 Å². The molecule has 32 heavy (non-hydrogen) atoms. The van der Waals surface area contributed by atoms with E-state index in [1.165, 1.54) is 66.6 Å². The Bertz CT molecular complexity index is 1230. The van der Waals surface area contributed by atoms with Crippen LogP contribution in [-0.2, 0) is 12.8 Å². The van der Waals surface area contributed by atoms with Gasteiger partial charge in [-0.2, -0.15) is 0 Å². The predicted octanol–water partition coefficient (Wildman–Crippen LogP) is 5.90. The van der Waals surface area contributed by atoms with Gasteiger partial charge < -0.3 is 19.7 Å². The van der Waals surface area contributed by atoms with E-state index in [0.717, 1.165) is 11.0 Å². The van der Waals surface area contributed by atoms with E-state index in [9.17, 15) is 4.79 Å². The standard InChI is InChI=1S/C19H19NO.C7H8N2O2/c1-20(18-8-9-19-16(13-18)10-11-21-19)17-7-6-14-4-2-3-5-15(14)12-17;1-8-6-4-9-3-2-5(6)7(10)11/h6-13H,2-5H2,1H3;2-4,8H,1H3,(H,10,11). The Morgan fingerprint density at radius 3 is 2.53 bits per heavy atom. The lowest BCUT2D eigenvalue weighted by molar-refractivity contribution is 0.0698. The Hall–Kier alpha value is -3.80. The second-order valence-corrected chi connectivity index (χ2v) is 7.84. The molecule has 2 aromatic carbocycles. The van der Waals surface area contributed by atoms with Crippen molar-refractivity contribution in [1.82, 2.24) is 4.98 Å². The summed E-state index contributed by atoms with van der Waals surface area (Å²) in [5.74, 6) is -0.947. The van der Waals surface area contributed by atoms with Gasteiger partial charge in [-0.05, 0) is 79.3 Å². The molecular weight excluding hydrogens is 402 g/mol. The summed E-state index contributed by atoms with van der Waals surface area (Å²) >= 11 is 0. The summed E-state index contributed by atoms with van der Waals surface area (Å²) < 4.78 is 5.41. The SMILES string of the molecule is CN(c1ccc2c(c1)CCCC2)c1ccc2occc2c1.CNc1cnccc1C(=O)O. The normalized spacial score (nSPS) is 12.4. The lowest BCUT2D eigenvalue weighted by Crippen LogP contribution is -2.11. The number of anilines is 3. The van der Waals surface area contributed by atoms with Crippen LogP contribution in [0, 0.1) is 0 Å². The van der Waals surface area contributed by atoms with Crippen molar-refractivity contribution in [3.05, 3.63) is 83.9 Å². The van der Waals surface area contributed by atoms with Gasteiger partial charge in [-0.1, -0.05) is 6.07 Å². The summed E-state index contributed by atoms with van der Waals surface area (Å²) in [6.07, 6.45) is 9.78. The number of aromatic carboxylic acids is 1. The zero-order chi connectivity index (χ0) is 22.5. The highest BCUT2D eigenvalue weighted by molar-refractivity contribution is 5.93. The molecule has 1 aliphatic carbocycles. The lowest BCUT2D eigenvalue weighted by atomic mass is 9.91. The van der Waals surface area contributed by atoms with Crippen LogP contribution in [0.2, 0.25) is 0 Å². The van der Waals surface area contributed by atoms with E-state index in [1.807, 2.05) is 12.1 Å². The third-order valence-electron chi connectivity index (χ3n) is 5.86. The zero-order valence-corrected chi connectivity index (χ0v) is 18.3. The molecule has 0 saturated carbocycles. The maximum Gasteiger partial charge on any atom is 0.337 e. The van der Waals surface area contributed by atoms with Crippen molar-refractivity contribution >= 4 is 34.0 Å². The molecule has 0 spiro atoms. The first kappa shape index (κ1) is 21.4. The number of hydrogen-bond donors (Lipinski definition) is 2. The van der Waals surface area contributed by atoms with Crippen molar-refractivity contribution in [1.29, 1.82) is 0 Å². The van der Waals surface area contributed by atoms with Crippen molar-refractivity contribution in [2.75, 3.05) is 24.3 Å². The number of carbonyl (C=O) groups is 1. The molecule has 1 aliphatic rings. The highest BCUT2D eigenvalue weighted by Gasteiger charge is 2.12. The van der Waals surface area contributed by atoms with E-state index in [-0.39, 0.29) is 5.56 Å². The van der Waals surface area contributed by atoms with Crippen LogP contribution in [0.4, 0.5) is 17.1 Å². The van der Waals surface area contributed by atoms with E-state index >= 15 is 0 Å². The molecule has 6 heteroatoms. The molecule has 4 aromatic rings. The van der Waals surface area contributed by atoms with Crippen molar-refractivity contribution in [2.24, 2.45) is 0 Å². The van der Waals surface area contributed by atoms with Gasteiger partial charge in [-0.3, -0.25) is 4.98 Å². The molecule has 0 amide bonds. The third-order valence-corrected chi connectivity index (χ3v) is 5.86. The molecule has 5 rings (SSSR count). The van der Waals surface area contributed by atoms with Crippen LogP contribution in [0.15, 0.2) is 71.6 Å². The Morgan fingerprint density at radius 2 is 1.78 bits per heavy atom. The number of furan rings is 1. The lowest BCUT2D eigenvalue weighted by Gasteiger charge is -2.23. The second kappa shape index (κ2) is 9.56. The summed E-state index contributed by atoms with van der Waals surface area (Å²) in [6, 6.07) is 16.7. The maximum absolute atomic E-state index is 10.5. The highest BCUT2D eigenvalue weighted by atomic mass is 16.4. The first-order chi connectivity index (χ1) is 15.6. The van der Waals surface area contributed by atoms with Gasteiger partial charge in [0.15, 0.2) is 0 Å². The van der Waals surface area contributed by atoms with Gasteiger partial charge in [0, 0.05) is 37.1 Å². The summed E-state index contributed by atoms with van der Waals surface area (Å²) in [5, 5.41) is 12.5. The number of aromatic nitrogens is 1. The Balaban J connectivity index is 0.000000189. The molecule has 164 valence electrons. The van der Waals surface area contributed by atoms with Gasteiger partial charge in [0.05, 0.1) is 23.7 Å². The molecule has 6 nitrogen and oxygen atoms in total. The summed E-state index contributed by atoms with van der Waals surface area (Å²) in [5.41, 5.74) is 7.22. The number of fused-ring (bicyclic) bond motifs is 2. The van der Waals surface area contributed by atoms with E-state index in [2.05, 4.69) is 52.6 Å². The number of carboxylic acids is 1. The average molecular weight is 430 g/mol. The smallest absolute Gasteiger partial charge is 0.337 e. The molecule has 0 radical (unpaired) electrons. The van der Waals surface area contributed by atoms with Crippen molar-refractivity contribution in [2.45, 2.75) is 25.7 Å².